The number of aromatic nitrogens is 1. The quantitative estimate of drug-likeness (QED) is 0.710. The van der Waals surface area contributed by atoms with E-state index in [1.807, 2.05) is 0 Å². The van der Waals surface area contributed by atoms with Crippen molar-refractivity contribution in [2.45, 2.75) is 26.1 Å². The smallest absolute Gasteiger partial charge is 0.435 e. The van der Waals surface area contributed by atoms with Crippen molar-refractivity contribution in [2.75, 3.05) is 18.5 Å². The molecule has 22 heavy (non-hydrogen) atoms. The highest BCUT2D eigenvalue weighted by molar-refractivity contribution is 7.17. The predicted molar refractivity (Wildman–Crippen MR) is 71.8 cm³/mol. The Balaban J connectivity index is 2.93. The first-order chi connectivity index (χ1) is 10.1. The molecular formula is C11H14F3N3O4S. The van der Waals surface area contributed by atoms with Gasteiger partial charge in [0.25, 0.3) is 0 Å². The fourth-order valence-electron chi connectivity index (χ4n) is 1.28. The van der Waals surface area contributed by atoms with Crippen molar-refractivity contribution in [3.05, 3.63) is 10.6 Å². The number of rotatable bonds is 5. The number of aliphatic hydroxyl groups is 1. The highest BCUT2D eigenvalue weighted by Crippen LogP contribution is 2.36. The van der Waals surface area contributed by atoms with Crippen molar-refractivity contribution in [3.63, 3.8) is 0 Å². The molecule has 1 heterocycles. The van der Waals surface area contributed by atoms with E-state index in [9.17, 15) is 22.8 Å². The summed E-state index contributed by atoms with van der Waals surface area (Å²) in [6.45, 7) is 2.69. The molecule has 11 heteroatoms. The number of esters is 1. The largest absolute Gasteiger partial charge is 0.462 e. The molecule has 0 fully saturated rings. The molecule has 0 unspecified atom stereocenters. The van der Waals surface area contributed by atoms with E-state index in [1.165, 1.54) is 13.8 Å². The van der Waals surface area contributed by atoms with Gasteiger partial charge in [0.1, 0.15) is 4.88 Å². The Morgan fingerprint density at radius 2 is 2.09 bits per heavy atom. The number of anilines is 1. The van der Waals surface area contributed by atoms with Crippen molar-refractivity contribution in [3.8, 4) is 0 Å². The average Bonchev–Trinajstić information content (AvgIpc) is 2.80. The maximum Gasteiger partial charge on any atom is 0.435 e. The second-order valence-corrected chi connectivity index (χ2v) is 5.10. The molecule has 0 saturated carbocycles. The van der Waals surface area contributed by atoms with E-state index in [1.54, 1.807) is 0 Å². The molecule has 3 N–H and O–H groups in total. The number of hydrogen-bond donors (Lipinski definition) is 3. The monoisotopic (exact) mass is 341 g/mol. The highest BCUT2D eigenvalue weighted by Gasteiger charge is 2.40. The number of nitrogens with zero attached hydrogens (tertiary/aromatic N) is 1. The number of halogens is 3. The van der Waals surface area contributed by atoms with Crippen molar-refractivity contribution < 1.29 is 32.6 Å². The van der Waals surface area contributed by atoms with E-state index in [-0.39, 0.29) is 13.2 Å². The van der Waals surface area contributed by atoms with Crippen LogP contribution in [-0.4, -0.2) is 41.3 Å². The third-order valence-electron chi connectivity index (χ3n) is 2.13. The van der Waals surface area contributed by atoms with E-state index < -0.39 is 40.0 Å². The van der Waals surface area contributed by atoms with E-state index in [0.29, 0.717) is 11.3 Å². The summed E-state index contributed by atoms with van der Waals surface area (Å²) in [6, 6.07) is -0.848. The SMILES string of the molecule is CCOC(=O)c1sc(NC(=O)NC[C@@H](C)O)nc1C(F)(F)F. The molecule has 1 aromatic heterocycles. The van der Waals surface area contributed by atoms with Crippen LogP contribution in [0.3, 0.4) is 0 Å². The van der Waals surface area contributed by atoms with Gasteiger partial charge >= 0.3 is 18.2 Å². The summed E-state index contributed by atoms with van der Waals surface area (Å²) in [7, 11) is 0. The van der Waals surface area contributed by atoms with Crippen LogP contribution < -0.4 is 10.6 Å². The second-order valence-electron chi connectivity index (χ2n) is 4.10. The highest BCUT2D eigenvalue weighted by atomic mass is 32.1. The van der Waals surface area contributed by atoms with Crippen molar-refractivity contribution in [2.24, 2.45) is 0 Å². The van der Waals surface area contributed by atoms with E-state index in [4.69, 9.17) is 5.11 Å². The zero-order valence-electron chi connectivity index (χ0n) is 11.7. The van der Waals surface area contributed by atoms with Gasteiger partial charge in [0.2, 0.25) is 0 Å². The molecule has 0 aromatic carbocycles. The molecule has 1 rings (SSSR count). The van der Waals surface area contributed by atoms with Crippen molar-refractivity contribution in [1.29, 1.82) is 0 Å². The summed E-state index contributed by atoms with van der Waals surface area (Å²) in [5.74, 6) is -1.16. The number of hydrogen-bond acceptors (Lipinski definition) is 6. The fraction of sp³-hybridized carbons (Fsp3) is 0.545. The summed E-state index contributed by atoms with van der Waals surface area (Å²) < 4.78 is 43.0. The second kappa shape index (κ2) is 7.40. The van der Waals surface area contributed by atoms with Crippen LogP contribution in [0.2, 0.25) is 0 Å². The minimum Gasteiger partial charge on any atom is -0.462 e. The lowest BCUT2D eigenvalue weighted by molar-refractivity contribution is -0.141. The molecule has 124 valence electrons. The Morgan fingerprint density at radius 3 is 2.59 bits per heavy atom. The van der Waals surface area contributed by atoms with Crippen LogP contribution in [0.25, 0.3) is 0 Å². The van der Waals surface area contributed by atoms with Crippen LogP contribution in [0.15, 0.2) is 0 Å². The van der Waals surface area contributed by atoms with Gasteiger partial charge in [-0.05, 0) is 13.8 Å². The number of thiazole rings is 1. The molecule has 0 aliphatic rings. The van der Waals surface area contributed by atoms with Crippen LogP contribution in [0.5, 0.6) is 0 Å². The van der Waals surface area contributed by atoms with Gasteiger partial charge in [0.15, 0.2) is 10.8 Å². The molecule has 0 aliphatic heterocycles. The summed E-state index contributed by atoms with van der Waals surface area (Å²) in [5.41, 5.74) is -1.42. The van der Waals surface area contributed by atoms with E-state index in [0.717, 1.165) is 0 Å². The minimum absolute atomic E-state index is 0.0892. The first-order valence-electron chi connectivity index (χ1n) is 6.13. The molecule has 0 spiro atoms. The number of nitrogens with one attached hydrogen (secondary N) is 2. The third kappa shape index (κ3) is 5.15. The maximum atomic E-state index is 12.8. The number of aliphatic hydroxyl groups excluding tert-OH is 1. The van der Waals surface area contributed by atoms with Crippen molar-refractivity contribution in [1.82, 2.24) is 10.3 Å². The first kappa shape index (κ1) is 18.2. The average molecular weight is 341 g/mol. The molecule has 0 radical (unpaired) electrons. The van der Waals surface area contributed by atoms with E-state index in [2.05, 4.69) is 20.4 Å². The van der Waals surface area contributed by atoms with Gasteiger partial charge in [0, 0.05) is 6.54 Å². The summed E-state index contributed by atoms with van der Waals surface area (Å²) in [6.07, 6.45) is -5.67. The molecule has 0 aliphatic carbocycles. The van der Waals surface area contributed by atoms with Crippen molar-refractivity contribution >= 4 is 28.5 Å². The molecule has 7 nitrogen and oxygen atoms in total. The number of carbonyl (C=O) groups excluding carboxylic acids is 2. The van der Waals surface area contributed by atoms with Gasteiger partial charge in [0.05, 0.1) is 12.7 Å². The molecule has 1 aromatic rings. The van der Waals surface area contributed by atoms with Crippen LogP contribution in [0.1, 0.15) is 29.2 Å². The van der Waals surface area contributed by atoms with Gasteiger partial charge in [-0.1, -0.05) is 11.3 Å². The molecule has 0 bridgehead atoms. The normalized spacial score (nSPS) is 12.6. The Kier molecular flexibility index (Phi) is 6.11. The number of alkyl halides is 3. The van der Waals surface area contributed by atoms with Gasteiger partial charge in [-0.15, -0.1) is 0 Å². The van der Waals surface area contributed by atoms with Crippen LogP contribution in [0.4, 0.5) is 23.1 Å². The number of urea groups is 1. The molecule has 1 atom stereocenters. The van der Waals surface area contributed by atoms with Gasteiger partial charge in [-0.2, -0.15) is 13.2 Å². The minimum atomic E-state index is -4.85. The zero-order chi connectivity index (χ0) is 16.9. The Labute approximate surface area is 127 Å². The third-order valence-corrected chi connectivity index (χ3v) is 3.09. The van der Waals surface area contributed by atoms with Gasteiger partial charge in [-0.3, -0.25) is 5.32 Å². The van der Waals surface area contributed by atoms with E-state index >= 15 is 0 Å². The number of amides is 2. The summed E-state index contributed by atoms with van der Waals surface area (Å²) >= 11 is 0.357. The summed E-state index contributed by atoms with van der Waals surface area (Å²) in [4.78, 5) is 25.4. The van der Waals surface area contributed by atoms with Crippen LogP contribution >= 0.6 is 11.3 Å². The number of carbonyl (C=O) groups is 2. The van der Waals surface area contributed by atoms with Gasteiger partial charge < -0.3 is 15.2 Å². The first-order valence-corrected chi connectivity index (χ1v) is 6.94. The Morgan fingerprint density at radius 1 is 1.45 bits per heavy atom. The van der Waals surface area contributed by atoms with Crippen LogP contribution in [-0.2, 0) is 10.9 Å². The lowest BCUT2D eigenvalue weighted by Gasteiger charge is -2.06. The number of ether oxygens (including phenoxy) is 1. The zero-order valence-corrected chi connectivity index (χ0v) is 12.5. The lowest BCUT2D eigenvalue weighted by atomic mass is 10.3. The summed E-state index contributed by atoms with van der Waals surface area (Å²) in [5, 5.41) is 12.9. The van der Waals surface area contributed by atoms with Crippen LogP contribution in [0, 0.1) is 0 Å². The Bertz CT molecular complexity index is 545. The fourth-order valence-corrected chi connectivity index (χ4v) is 2.16. The topological polar surface area (TPSA) is 101 Å². The maximum absolute atomic E-state index is 12.8. The Hall–Kier alpha value is -1.88. The molecule has 2 amide bonds. The molecular weight excluding hydrogens is 327 g/mol. The molecule has 0 saturated heterocycles. The standard InChI is InChI=1S/C11H14F3N3O4S/c1-3-21-8(19)6-7(11(12,13)14)16-10(22-6)17-9(20)15-4-5(2)18/h5,18H,3-4H2,1-2H3,(H2,15,16,17,20)/t5-/m1/s1. The predicted octanol–water partition coefficient (Wildman–Crippen LogP) is 1.84. The lowest BCUT2D eigenvalue weighted by Crippen LogP contribution is -2.34. The van der Waals surface area contributed by atoms with Gasteiger partial charge in [-0.25, -0.2) is 14.6 Å².